The third-order valence-electron chi connectivity index (χ3n) is 5.66. The largest absolute Gasteiger partial charge is 0.438 e. The molecule has 1 aromatic heterocycles. The van der Waals surface area contributed by atoms with Gasteiger partial charge in [-0.05, 0) is 50.2 Å². The van der Waals surface area contributed by atoms with Crippen molar-refractivity contribution in [2.75, 3.05) is 6.54 Å². The first-order valence-corrected chi connectivity index (χ1v) is 8.14. The molecule has 5 nitrogen and oxygen atoms in total. The second-order valence-electron chi connectivity index (χ2n) is 7.06. The van der Waals surface area contributed by atoms with Crippen LogP contribution in [-0.2, 0) is 5.54 Å². The number of benzene rings is 1. The molecule has 2 aromatic rings. The average molecular weight is 297 g/mol. The quantitative estimate of drug-likeness (QED) is 0.944. The molecule has 2 saturated carbocycles. The minimum absolute atomic E-state index is 0.0419. The zero-order valence-corrected chi connectivity index (χ0v) is 12.4. The number of fused-ring (bicyclic) bond motifs is 3. The molecule has 22 heavy (non-hydrogen) atoms. The van der Waals surface area contributed by atoms with E-state index in [4.69, 9.17) is 15.1 Å². The maximum Gasteiger partial charge on any atom is 0.252 e. The van der Waals surface area contributed by atoms with Crippen molar-refractivity contribution in [2.24, 2.45) is 11.7 Å². The highest BCUT2D eigenvalue weighted by Crippen LogP contribution is 2.56. The topological polar surface area (TPSA) is 72.4 Å². The molecule has 2 N–H and O–H groups in total. The van der Waals surface area contributed by atoms with E-state index in [9.17, 15) is 4.79 Å². The maximum atomic E-state index is 11.6. The van der Waals surface area contributed by atoms with Crippen LogP contribution in [-0.4, -0.2) is 28.4 Å². The van der Waals surface area contributed by atoms with Crippen LogP contribution >= 0.6 is 0 Å². The summed E-state index contributed by atoms with van der Waals surface area (Å²) in [4.78, 5) is 19.0. The fourth-order valence-corrected chi connectivity index (χ4v) is 4.54. The van der Waals surface area contributed by atoms with Crippen LogP contribution in [0.15, 0.2) is 22.6 Å². The van der Waals surface area contributed by atoms with Gasteiger partial charge in [0.05, 0.1) is 11.1 Å². The summed E-state index contributed by atoms with van der Waals surface area (Å²) in [6, 6.07) is 6.13. The van der Waals surface area contributed by atoms with Crippen molar-refractivity contribution < 1.29 is 9.21 Å². The van der Waals surface area contributed by atoms with Crippen LogP contribution in [0.5, 0.6) is 0 Å². The maximum absolute atomic E-state index is 11.6. The van der Waals surface area contributed by atoms with Gasteiger partial charge in [-0.2, -0.15) is 0 Å². The number of nitrogens with zero attached hydrogens (tertiary/aromatic N) is 2. The van der Waals surface area contributed by atoms with E-state index in [1.807, 2.05) is 12.1 Å². The van der Waals surface area contributed by atoms with Gasteiger partial charge in [0.15, 0.2) is 5.58 Å². The summed E-state index contributed by atoms with van der Waals surface area (Å²) >= 11 is 0. The van der Waals surface area contributed by atoms with Crippen LogP contribution in [0.4, 0.5) is 0 Å². The molecule has 3 aliphatic rings. The molecule has 1 aromatic carbocycles. The highest BCUT2D eigenvalue weighted by Gasteiger charge is 2.58. The van der Waals surface area contributed by atoms with E-state index >= 15 is 0 Å². The first kappa shape index (κ1) is 12.6. The molecule has 1 saturated heterocycles. The van der Waals surface area contributed by atoms with Gasteiger partial charge in [-0.3, -0.25) is 9.69 Å². The second-order valence-corrected chi connectivity index (χ2v) is 7.06. The smallest absolute Gasteiger partial charge is 0.252 e. The molecule has 1 aliphatic heterocycles. The zero-order valence-electron chi connectivity index (χ0n) is 12.4. The summed E-state index contributed by atoms with van der Waals surface area (Å²) in [5, 5.41) is 0. The number of hydrogen-bond donors (Lipinski definition) is 1. The van der Waals surface area contributed by atoms with E-state index in [1.54, 1.807) is 6.07 Å². The number of hydrogen-bond acceptors (Lipinski definition) is 4. The minimum atomic E-state index is -0.458. The van der Waals surface area contributed by atoms with Crippen molar-refractivity contribution in [3.8, 4) is 0 Å². The van der Waals surface area contributed by atoms with Gasteiger partial charge in [0.1, 0.15) is 5.52 Å². The Labute approximate surface area is 128 Å². The highest BCUT2D eigenvalue weighted by molar-refractivity contribution is 6.03. The summed E-state index contributed by atoms with van der Waals surface area (Å²) in [6.45, 7) is 1.17. The third kappa shape index (κ3) is 1.57. The SMILES string of the molecule is NC(=O)c1cccc2nc([C@@]34CC[C@H](CN3C3CC3)C4)oc12. The molecule has 3 fully saturated rings. The number of piperidine rings is 1. The van der Waals surface area contributed by atoms with E-state index in [-0.39, 0.29) is 5.54 Å². The Bertz CT molecular complexity index is 779. The summed E-state index contributed by atoms with van der Waals surface area (Å²) in [7, 11) is 0. The Hall–Kier alpha value is -1.88. The van der Waals surface area contributed by atoms with Crippen molar-refractivity contribution in [3.05, 3.63) is 29.7 Å². The summed E-state index contributed by atoms with van der Waals surface area (Å²) in [6.07, 6.45) is 6.10. The Morgan fingerprint density at radius 3 is 2.95 bits per heavy atom. The van der Waals surface area contributed by atoms with Crippen molar-refractivity contribution in [1.82, 2.24) is 9.88 Å². The molecule has 2 atom stereocenters. The molecule has 0 radical (unpaired) electrons. The van der Waals surface area contributed by atoms with Crippen molar-refractivity contribution in [2.45, 2.75) is 43.7 Å². The summed E-state index contributed by atoms with van der Waals surface area (Å²) in [5.74, 6) is 1.11. The number of carbonyl (C=O) groups is 1. The monoisotopic (exact) mass is 297 g/mol. The lowest BCUT2D eigenvalue weighted by atomic mass is 9.96. The van der Waals surface area contributed by atoms with Gasteiger partial charge in [-0.1, -0.05) is 6.07 Å². The van der Waals surface area contributed by atoms with Gasteiger partial charge in [0.2, 0.25) is 5.89 Å². The minimum Gasteiger partial charge on any atom is -0.438 e. The molecule has 1 amide bonds. The van der Waals surface area contributed by atoms with Crippen LogP contribution < -0.4 is 5.73 Å². The molecule has 114 valence electrons. The zero-order chi connectivity index (χ0) is 14.9. The number of rotatable bonds is 3. The molecule has 0 unspecified atom stereocenters. The Morgan fingerprint density at radius 1 is 1.36 bits per heavy atom. The van der Waals surface area contributed by atoms with E-state index < -0.39 is 5.91 Å². The number of primary amides is 1. The molecule has 0 spiro atoms. The van der Waals surface area contributed by atoms with Crippen LogP contribution in [0.3, 0.4) is 0 Å². The third-order valence-corrected chi connectivity index (χ3v) is 5.66. The fourth-order valence-electron chi connectivity index (χ4n) is 4.54. The van der Waals surface area contributed by atoms with Crippen LogP contribution in [0, 0.1) is 5.92 Å². The number of carbonyl (C=O) groups excluding carboxylic acids is 1. The van der Waals surface area contributed by atoms with Gasteiger partial charge in [0.25, 0.3) is 5.91 Å². The van der Waals surface area contributed by atoms with Gasteiger partial charge >= 0.3 is 0 Å². The number of para-hydroxylation sites is 1. The van der Waals surface area contributed by atoms with Gasteiger partial charge in [-0.15, -0.1) is 0 Å². The molecule has 5 rings (SSSR count). The van der Waals surface area contributed by atoms with Crippen molar-refractivity contribution in [1.29, 1.82) is 0 Å². The lowest BCUT2D eigenvalue weighted by Crippen LogP contribution is -2.43. The van der Waals surface area contributed by atoms with Crippen LogP contribution in [0.2, 0.25) is 0 Å². The van der Waals surface area contributed by atoms with E-state index in [0.29, 0.717) is 17.2 Å². The number of nitrogens with two attached hydrogens (primary N) is 1. The normalized spacial score (nSPS) is 31.2. The fraction of sp³-hybridized carbons (Fsp3) is 0.529. The molecular weight excluding hydrogens is 278 g/mol. The molecule has 5 heteroatoms. The molecular formula is C17H19N3O2. The first-order chi connectivity index (χ1) is 10.7. The van der Waals surface area contributed by atoms with E-state index in [1.165, 1.54) is 25.8 Å². The second kappa shape index (κ2) is 4.10. The molecule has 2 heterocycles. The van der Waals surface area contributed by atoms with Gasteiger partial charge in [0, 0.05) is 12.6 Å². The molecule has 2 aliphatic carbocycles. The summed E-state index contributed by atoms with van der Waals surface area (Å²) < 4.78 is 6.12. The lowest BCUT2D eigenvalue weighted by molar-refractivity contribution is 0.0801. The predicted molar refractivity (Wildman–Crippen MR) is 81.3 cm³/mol. The average Bonchev–Trinajstić information content (AvgIpc) is 2.98. The highest BCUT2D eigenvalue weighted by atomic mass is 16.4. The van der Waals surface area contributed by atoms with Gasteiger partial charge in [-0.25, -0.2) is 4.98 Å². The summed E-state index contributed by atoms with van der Waals surface area (Å²) in [5.41, 5.74) is 7.14. The number of amides is 1. The standard InChI is InChI=1S/C17H19N3O2/c18-15(21)12-2-1-3-13-14(12)22-16(19-13)17-7-6-10(8-17)9-20(17)11-4-5-11/h1-3,10-11H,4-9H2,(H2,18,21)/t10-,17-/m0/s1. The van der Waals surface area contributed by atoms with E-state index in [2.05, 4.69) is 4.90 Å². The Balaban J connectivity index is 1.67. The van der Waals surface area contributed by atoms with Gasteiger partial charge < -0.3 is 10.2 Å². The Morgan fingerprint density at radius 2 is 2.23 bits per heavy atom. The van der Waals surface area contributed by atoms with E-state index in [0.717, 1.165) is 30.2 Å². The van der Waals surface area contributed by atoms with Crippen LogP contribution in [0.1, 0.15) is 48.4 Å². The number of aromatic nitrogens is 1. The van der Waals surface area contributed by atoms with Crippen molar-refractivity contribution >= 4 is 17.0 Å². The lowest BCUT2D eigenvalue weighted by Gasteiger charge is -2.36. The molecule has 2 bridgehead atoms. The Kier molecular flexibility index (Phi) is 2.36. The number of likely N-dealkylation sites (tertiary alicyclic amines) is 1. The van der Waals surface area contributed by atoms with Crippen molar-refractivity contribution in [3.63, 3.8) is 0 Å². The number of oxazole rings is 1. The first-order valence-electron chi connectivity index (χ1n) is 8.14. The van der Waals surface area contributed by atoms with Crippen LogP contribution in [0.25, 0.3) is 11.1 Å². The predicted octanol–water partition coefficient (Wildman–Crippen LogP) is 2.40.